The van der Waals surface area contributed by atoms with Gasteiger partial charge in [0.1, 0.15) is 23.1 Å². The van der Waals surface area contributed by atoms with Crippen molar-refractivity contribution in [2.45, 2.75) is 58.3 Å². The number of rotatable bonds is 7. The predicted molar refractivity (Wildman–Crippen MR) is 164 cm³/mol. The van der Waals surface area contributed by atoms with E-state index in [1.165, 1.54) is 13.1 Å². The smallest absolute Gasteiger partial charge is 0.417 e. The number of hydrogen-bond acceptors (Lipinski definition) is 9. The first-order valence-electron chi connectivity index (χ1n) is 15.6. The lowest BCUT2D eigenvalue weighted by atomic mass is 9.73. The summed E-state index contributed by atoms with van der Waals surface area (Å²) in [6.07, 6.45) is -1.09. The number of pyridine rings is 1. The third-order valence-corrected chi connectivity index (χ3v) is 9.88. The number of nitriles is 1. The Morgan fingerprint density at radius 2 is 1.91 bits per heavy atom. The molecule has 5 heterocycles. The van der Waals surface area contributed by atoms with Gasteiger partial charge in [-0.05, 0) is 56.8 Å². The lowest BCUT2D eigenvalue weighted by Crippen LogP contribution is -2.51. The van der Waals surface area contributed by atoms with Crippen molar-refractivity contribution in [3.05, 3.63) is 34.8 Å². The second-order valence-electron chi connectivity index (χ2n) is 13.0. The Labute approximate surface area is 263 Å². The van der Waals surface area contributed by atoms with E-state index in [2.05, 4.69) is 25.2 Å². The number of piperidine rings is 1. The van der Waals surface area contributed by atoms with Crippen LogP contribution in [0.25, 0.3) is 22.2 Å². The quantitative estimate of drug-likeness (QED) is 0.263. The Hall–Kier alpha value is -3.83. The second-order valence-corrected chi connectivity index (χ2v) is 13.0. The lowest BCUT2D eigenvalue weighted by Gasteiger charge is -2.44. The maximum atomic E-state index is 16.7. The van der Waals surface area contributed by atoms with Gasteiger partial charge in [0.15, 0.2) is 5.82 Å². The van der Waals surface area contributed by atoms with E-state index < -0.39 is 46.5 Å². The number of aryl methyl sites for hydroxylation is 1. The molecule has 3 aromatic rings. The molecule has 4 atom stereocenters. The number of anilines is 2. The number of halogens is 5. The minimum Gasteiger partial charge on any atom is -0.463 e. The van der Waals surface area contributed by atoms with Crippen molar-refractivity contribution >= 4 is 22.4 Å². The van der Waals surface area contributed by atoms with Crippen LogP contribution in [0.4, 0.5) is 33.5 Å². The van der Waals surface area contributed by atoms with Gasteiger partial charge in [0.25, 0.3) is 0 Å². The molecule has 3 N–H and O–H groups in total. The number of nitrogen functional groups attached to an aromatic ring is 1. The van der Waals surface area contributed by atoms with Crippen LogP contribution < -0.4 is 20.7 Å². The van der Waals surface area contributed by atoms with Gasteiger partial charge >= 0.3 is 12.2 Å². The van der Waals surface area contributed by atoms with Crippen LogP contribution in [0.2, 0.25) is 0 Å². The molecule has 6 rings (SSSR count). The Bertz CT molecular complexity index is 1680. The first-order chi connectivity index (χ1) is 21.9. The standard InChI is InChI=1S/C32H37F5N8O/c1-4-44-8-7-18(10-33)31(3,15-44)16-46-30-42-27-22(29(43-30)45-13-19-5-6-20(14-45)41-19)12-40-28(26(27)34)24-21(11-38)23(39)9-17(2)25(24)32(35,36)37/h9,12,18-20,41H,4-8,10,13-16,39H2,1-3H3/t18-,19-,20+,31+/m1/s1. The molecule has 0 amide bonds. The third-order valence-electron chi connectivity index (χ3n) is 9.88. The largest absolute Gasteiger partial charge is 0.463 e. The van der Waals surface area contributed by atoms with E-state index >= 15 is 4.39 Å². The van der Waals surface area contributed by atoms with Gasteiger partial charge in [-0.3, -0.25) is 9.37 Å². The van der Waals surface area contributed by atoms with Crippen LogP contribution in [-0.4, -0.2) is 77.9 Å². The van der Waals surface area contributed by atoms with E-state index in [0.29, 0.717) is 31.9 Å². The van der Waals surface area contributed by atoms with Crippen molar-refractivity contribution in [1.29, 1.82) is 5.26 Å². The number of piperazine rings is 1. The van der Waals surface area contributed by atoms with E-state index in [1.54, 1.807) is 6.07 Å². The summed E-state index contributed by atoms with van der Waals surface area (Å²) in [5.41, 5.74) is 1.42. The molecule has 14 heteroatoms. The number of alkyl halides is 4. The van der Waals surface area contributed by atoms with E-state index in [-0.39, 0.29) is 52.8 Å². The highest BCUT2D eigenvalue weighted by molar-refractivity contribution is 5.93. The first kappa shape index (κ1) is 32.1. The van der Waals surface area contributed by atoms with Gasteiger partial charge in [-0.15, -0.1) is 0 Å². The van der Waals surface area contributed by atoms with Gasteiger partial charge < -0.3 is 25.6 Å². The van der Waals surface area contributed by atoms with Crippen LogP contribution in [0, 0.1) is 35.4 Å². The molecule has 0 aliphatic carbocycles. The molecule has 0 spiro atoms. The summed E-state index contributed by atoms with van der Waals surface area (Å²) in [5, 5.41) is 13.6. The van der Waals surface area contributed by atoms with Crippen molar-refractivity contribution in [1.82, 2.24) is 25.2 Å². The maximum absolute atomic E-state index is 16.7. The number of likely N-dealkylation sites (tertiary alicyclic amines) is 1. The Kier molecular flexibility index (Phi) is 8.43. The highest BCUT2D eigenvalue weighted by Gasteiger charge is 2.42. The van der Waals surface area contributed by atoms with Crippen molar-refractivity contribution in [2.75, 3.05) is 56.6 Å². The molecule has 3 fully saturated rings. The molecule has 9 nitrogen and oxygen atoms in total. The van der Waals surface area contributed by atoms with Gasteiger partial charge in [-0.25, -0.2) is 4.39 Å². The zero-order valence-corrected chi connectivity index (χ0v) is 26.0. The van der Waals surface area contributed by atoms with Crippen LogP contribution in [0.5, 0.6) is 6.01 Å². The molecule has 46 heavy (non-hydrogen) atoms. The van der Waals surface area contributed by atoms with Crippen LogP contribution in [0.15, 0.2) is 12.3 Å². The maximum Gasteiger partial charge on any atom is 0.417 e. The summed E-state index contributed by atoms with van der Waals surface area (Å²) in [5.74, 6) is -1.06. The van der Waals surface area contributed by atoms with Crippen molar-refractivity contribution in [3.63, 3.8) is 0 Å². The minimum atomic E-state index is -4.93. The second kappa shape index (κ2) is 12.1. The van der Waals surface area contributed by atoms with Crippen molar-refractivity contribution in [2.24, 2.45) is 11.3 Å². The van der Waals surface area contributed by atoms with Gasteiger partial charge in [-0.1, -0.05) is 13.8 Å². The zero-order valence-electron chi connectivity index (χ0n) is 26.0. The molecule has 2 bridgehead atoms. The fraction of sp³-hybridized carbons (Fsp3) is 0.562. The first-order valence-corrected chi connectivity index (χ1v) is 15.6. The number of benzene rings is 1. The number of nitrogens with two attached hydrogens (primary N) is 1. The van der Waals surface area contributed by atoms with Gasteiger partial charge in [0.2, 0.25) is 0 Å². The molecular formula is C32H37F5N8O. The SMILES string of the molecule is CCN1CC[C@H](CF)[C@](C)(COc2nc(N3C[C@H]4CC[C@@H](C3)N4)c3cnc(-c4c(C#N)c(N)cc(C)c4C(F)(F)F)c(F)c3n2)C1. The minimum absolute atomic E-state index is 0.0562. The van der Waals surface area contributed by atoms with E-state index in [9.17, 15) is 22.8 Å². The summed E-state index contributed by atoms with van der Waals surface area (Å²) >= 11 is 0. The summed E-state index contributed by atoms with van der Waals surface area (Å²) in [6.45, 7) is 8.03. The monoisotopic (exact) mass is 644 g/mol. The number of aromatic nitrogens is 3. The highest BCUT2D eigenvalue weighted by atomic mass is 19.4. The summed E-state index contributed by atoms with van der Waals surface area (Å²) in [4.78, 5) is 17.4. The van der Waals surface area contributed by atoms with Crippen molar-refractivity contribution in [3.8, 4) is 23.3 Å². The zero-order chi connectivity index (χ0) is 33.0. The highest BCUT2D eigenvalue weighted by Crippen LogP contribution is 2.45. The topological polar surface area (TPSA) is 116 Å². The molecular weight excluding hydrogens is 607 g/mol. The number of hydrogen-bond donors (Lipinski definition) is 2. The third kappa shape index (κ3) is 5.68. The Morgan fingerprint density at radius 3 is 2.54 bits per heavy atom. The number of nitrogens with one attached hydrogen (secondary N) is 1. The van der Waals surface area contributed by atoms with Gasteiger partial charge in [0, 0.05) is 48.9 Å². The number of nitrogens with zero attached hydrogens (tertiary/aromatic N) is 6. The molecule has 3 aliphatic rings. The predicted octanol–water partition coefficient (Wildman–Crippen LogP) is 5.25. The Balaban J connectivity index is 1.50. The molecule has 246 valence electrons. The molecule has 0 radical (unpaired) electrons. The van der Waals surface area contributed by atoms with E-state index in [1.807, 2.05) is 18.7 Å². The lowest BCUT2D eigenvalue weighted by molar-refractivity contribution is -0.137. The summed E-state index contributed by atoms with van der Waals surface area (Å²) in [7, 11) is 0. The summed E-state index contributed by atoms with van der Waals surface area (Å²) in [6, 6.07) is 2.97. The van der Waals surface area contributed by atoms with Crippen LogP contribution in [-0.2, 0) is 6.18 Å². The number of fused-ring (bicyclic) bond motifs is 3. The average molecular weight is 645 g/mol. The normalized spacial score (nSPS) is 25.2. The molecule has 1 aromatic carbocycles. The fourth-order valence-corrected chi connectivity index (χ4v) is 7.37. The Morgan fingerprint density at radius 1 is 1.20 bits per heavy atom. The fourth-order valence-electron chi connectivity index (χ4n) is 7.37. The summed E-state index contributed by atoms with van der Waals surface area (Å²) < 4.78 is 80.1. The molecule has 2 aromatic heterocycles. The van der Waals surface area contributed by atoms with Gasteiger partial charge in [-0.2, -0.15) is 28.4 Å². The van der Waals surface area contributed by atoms with Gasteiger partial charge in [0.05, 0.1) is 35.5 Å². The van der Waals surface area contributed by atoms with Crippen molar-refractivity contribution < 1.29 is 26.7 Å². The van der Waals surface area contributed by atoms with Crippen LogP contribution in [0.1, 0.15) is 49.8 Å². The molecule has 0 unspecified atom stereocenters. The molecule has 0 saturated carbocycles. The molecule has 3 aliphatic heterocycles. The van der Waals surface area contributed by atoms with Crippen LogP contribution >= 0.6 is 0 Å². The molecule has 3 saturated heterocycles. The van der Waals surface area contributed by atoms with E-state index in [0.717, 1.165) is 32.0 Å². The average Bonchev–Trinajstić information content (AvgIpc) is 3.35. The van der Waals surface area contributed by atoms with Crippen LogP contribution in [0.3, 0.4) is 0 Å². The number of ether oxygens (including phenoxy) is 1. The van der Waals surface area contributed by atoms with E-state index in [4.69, 9.17) is 10.5 Å².